The van der Waals surface area contributed by atoms with Gasteiger partial charge >= 0.3 is 0 Å². The molecule has 0 radical (unpaired) electrons. The third kappa shape index (κ3) is 5.57. The predicted octanol–water partition coefficient (Wildman–Crippen LogP) is 10.0. The van der Waals surface area contributed by atoms with Gasteiger partial charge in [0.1, 0.15) is 5.82 Å². The maximum Gasteiger partial charge on any atom is 0.144 e. The molecule has 39 heavy (non-hydrogen) atoms. The molecule has 0 atom stereocenters. The van der Waals surface area contributed by atoms with Gasteiger partial charge in [0, 0.05) is 18.0 Å². The van der Waals surface area contributed by atoms with E-state index in [0.29, 0.717) is 0 Å². The Balaban J connectivity index is 0.000000723. The van der Waals surface area contributed by atoms with Gasteiger partial charge in [-0.3, -0.25) is 4.57 Å². The minimum Gasteiger partial charge on any atom is -0.299 e. The molecule has 2 nitrogen and oxygen atoms in total. The number of nitrogens with zero attached hydrogens (tertiary/aromatic N) is 2. The first-order valence-electron chi connectivity index (χ1n) is 14.8. The number of hydrogen-bond acceptors (Lipinski definition) is 1. The van der Waals surface area contributed by atoms with Gasteiger partial charge < -0.3 is 0 Å². The molecule has 0 amide bonds. The Morgan fingerprint density at radius 2 is 1.62 bits per heavy atom. The zero-order valence-corrected chi connectivity index (χ0v) is 24.3. The van der Waals surface area contributed by atoms with E-state index in [1.165, 1.54) is 51.1 Å². The van der Waals surface area contributed by atoms with Gasteiger partial charge in [-0.05, 0) is 94.7 Å². The van der Waals surface area contributed by atoms with Crippen molar-refractivity contribution in [2.45, 2.75) is 73.1 Å². The van der Waals surface area contributed by atoms with Gasteiger partial charge in [-0.1, -0.05) is 102 Å². The zero-order valence-electron chi connectivity index (χ0n) is 24.3. The molecule has 0 bridgehead atoms. The van der Waals surface area contributed by atoms with Crippen LogP contribution in [0.15, 0.2) is 90.8 Å². The van der Waals surface area contributed by atoms with Gasteiger partial charge in [-0.25, -0.2) is 4.98 Å². The van der Waals surface area contributed by atoms with Crippen molar-refractivity contribution in [2.24, 2.45) is 5.92 Å². The van der Waals surface area contributed by atoms with Gasteiger partial charge in [-0.15, -0.1) is 0 Å². The molecule has 2 aliphatic carbocycles. The van der Waals surface area contributed by atoms with Crippen LogP contribution in [0.2, 0.25) is 0 Å². The van der Waals surface area contributed by atoms with E-state index < -0.39 is 0 Å². The van der Waals surface area contributed by atoms with E-state index in [1.807, 2.05) is 6.20 Å². The van der Waals surface area contributed by atoms with Crippen molar-refractivity contribution >= 4 is 5.57 Å². The third-order valence-corrected chi connectivity index (χ3v) is 7.53. The normalized spacial score (nSPS) is 13.8. The molecule has 0 unspecified atom stereocenters. The second-order valence-electron chi connectivity index (χ2n) is 11.4. The average molecular weight is 515 g/mol. The predicted molar refractivity (Wildman–Crippen MR) is 167 cm³/mol. The molecule has 0 saturated carbocycles. The summed E-state index contributed by atoms with van der Waals surface area (Å²) in [6.45, 7) is 11.1. The molecule has 4 aromatic rings. The van der Waals surface area contributed by atoms with Crippen LogP contribution in [0, 0.1) is 5.92 Å². The minimum absolute atomic E-state index is 0.833. The first-order chi connectivity index (χ1) is 19.0. The van der Waals surface area contributed by atoms with Crippen molar-refractivity contribution in [2.75, 3.05) is 0 Å². The highest BCUT2D eigenvalue weighted by molar-refractivity contribution is 5.86. The van der Waals surface area contributed by atoms with Gasteiger partial charge in [0.25, 0.3) is 0 Å². The van der Waals surface area contributed by atoms with Crippen molar-refractivity contribution in [1.82, 2.24) is 9.55 Å². The Morgan fingerprint density at radius 3 is 2.36 bits per heavy atom. The number of aromatic nitrogens is 2. The number of fused-ring (bicyclic) bond motifs is 2. The summed E-state index contributed by atoms with van der Waals surface area (Å²) in [6.07, 6.45) is 15.3. The van der Waals surface area contributed by atoms with Crippen molar-refractivity contribution in [1.29, 1.82) is 0 Å². The molecule has 200 valence electrons. The number of imidazole rings is 1. The molecule has 2 aliphatic rings. The topological polar surface area (TPSA) is 17.8 Å². The first kappa shape index (κ1) is 26.9. The van der Waals surface area contributed by atoms with E-state index in [4.69, 9.17) is 4.98 Å². The lowest BCUT2D eigenvalue weighted by Gasteiger charge is -2.20. The first-order valence-corrected chi connectivity index (χ1v) is 14.8. The summed E-state index contributed by atoms with van der Waals surface area (Å²) in [5.41, 5.74) is 14.1. The molecular formula is C37H42N2. The van der Waals surface area contributed by atoms with E-state index in [2.05, 4.69) is 118 Å². The Morgan fingerprint density at radius 1 is 0.872 bits per heavy atom. The molecule has 6 rings (SSSR count). The third-order valence-electron chi connectivity index (χ3n) is 7.53. The summed E-state index contributed by atoms with van der Waals surface area (Å²) >= 11 is 0. The highest BCUT2D eigenvalue weighted by Crippen LogP contribution is 2.43. The lowest BCUT2D eigenvalue weighted by molar-refractivity contribution is 0.737. The molecule has 3 aromatic carbocycles. The van der Waals surface area contributed by atoms with E-state index in [0.717, 1.165) is 49.4 Å². The van der Waals surface area contributed by atoms with E-state index >= 15 is 0 Å². The number of benzene rings is 3. The summed E-state index contributed by atoms with van der Waals surface area (Å²) in [7, 11) is 0. The summed E-state index contributed by atoms with van der Waals surface area (Å²) < 4.78 is 2.31. The van der Waals surface area contributed by atoms with Crippen molar-refractivity contribution < 1.29 is 0 Å². The quantitative estimate of drug-likeness (QED) is 0.250. The zero-order chi connectivity index (χ0) is 27.4. The van der Waals surface area contributed by atoms with Gasteiger partial charge in [0.2, 0.25) is 0 Å². The monoisotopic (exact) mass is 514 g/mol. The maximum atomic E-state index is 4.76. The molecule has 0 saturated heterocycles. The van der Waals surface area contributed by atoms with Crippen LogP contribution in [-0.2, 0) is 19.3 Å². The Labute approximate surface area is 235 Å². The molecule has 0 N–H and O–H groups in total. The number of hydrogen-bond donors (Lipinski definition) is 0. The lowest BCUT2D eigenvalue weighted by atomic mass is 9.90. The summed E-state index contributed by atoms with van der Waals surface area (Å²) in [5, 5.41) is 0. The van der Waals surface area contributed by atoms with Crippen molar-refractivity contribution in [3.63, 3.8) is 0 Å². The van der Waals surface area contributed by atoms with Crippen LogP contribution in [0.3, 0.4) is 0 Å². The molecule has 0 aliphatic heterocycles. The summed E-state index contributed by atoms with van der Waals surface area (Å²) in [6, 6.07) is 22.3. The van der Waals surface area contributed by atoms with Crippen molar-refractivity contribution in [3.8, 4) is 28.2 Å². The fraction of sp³-hybridized carbons (Fsp3) is 0.324. The second kappa shape index (κ2) is 12.0. The molecular weight excluding hydrogens is 472 g/mol. The second-order valence-corrected chi connectivity index (χ2v) is 11.4. The van der Waals surface area contributed by atoms with Crippen LogP contribution in [-0.4, -0.2) is 9.55 Å². The maximum absolute atomic E-state index is 4.76. The number of rotatable bonds is 6. The fourth-order valence-electron chi connectivity index (χ4n) is 5.95. The molecule has 1 heterocycles. The van der Waals surface area contributed by atoms with Crippen LogP contribution >= 0.6 is 0 Å². The van der Waals surface area contributed by atoms with Crippen LogP contribution in [0.4, 0.5) is 0 Å². The van der Waals surface area contributed by atoms with E-state index in [1.54, 1.807) is 5.57 Å². The molecule has 0 fully saturated rings. The molecule has 1 aromatic heterocycles. The molecule has 0 spiro atoms. The van der Waals surface area contributed by atoms with Gasteiger partial charge in [0.05, 0.1) is 5.69 Å². The van der Waals surface area contributed by atoms with Gasteiger partial charge in [-0.2, -0.15) is 0 Å². The SMILES string of the molecule is CC(C)C.CCCc1cc(-c2cccc3c2CC2=C3CCC=C2)cc(CC)c1-n1ccnc1-c1ccccc1. The fourth-order valence-corrected chi connectivity index (χ4v) is 5.95. The van der Waals surface area contributed by atoms with Gasteiger partial charge in [0.15, 0.2) is 0 Å². The summed E-state index contributed by atoms with van der Waals surface area (Å²) in [4.78, 5) is 4.76. The van der Waals surface area contributed by atoms with E-state index in [9.17, 15) is 0 Å². The summed E-state index contributed by atoms with van der Waals surface area (Å²) in [5.74, 6) is 1.84. The van der Waals surface area contributed by atoms with Crippen molar-refractivity contribution in [3.05, 3.63) is 113 Å². The minimum atomic E-state index is 0.833. The van der Waals surface area contributed by atoms with Crippen LogP contribution < -0.4 is 0 Å². The number of allylic oxidation sites excluding steroid dienone is 4. The molecule has 2 heteroatoms. The van der Waals surface area contributed by atoms with E-state index in [-0.39, 0.29) is 0 Å². The highest BCUT2D eigenvalue weighted by atomic mass is 15.1. The Hall–Kier alpha value is -3.65. The van der Waals surface area contributed by atoms with Crippen LogP contribution in [0.5, 0.6) is 0 Å². The van der Waals surface area contributed by atoms with Crippen LogP contribution in [0.25, 0.3) is 33.8 Å². The Kier molecular flexibility index (Phi) is 8.31. The van der Waals surface area contributed by atoms with Crippen LogP contribution in [0.1, 0.15) is 76.1 Å². The lowest BCUT2D eigenvalue weighted by Crippen LogP contribution is -2.06. The Bertz CT molecular complexity index is 1500. The highest BCUT2D eigenvalue weighted by Gasteiger charge is 2.25. The smallest absolute Gasteiger partial charge is 0.144 e. The average Bonchev–Trinajstić information content (AvgIpc) is 3.58. The largest absolute Gasteiger partial charge is 0.299 e. The number of aryl methyl sites for hydroxylation is 2. The standard InChI is InChI=1S/C33H32N2.C4H10/c1-3-11-26-21-27(29-16-10-17-30-28-15-9-8-14-25(28)22-31(29)30)20-23(4-2)32(26)35-19-18-34-33(35)24-12-6-5-7-13-24;1-4(2)3/h5-8,10,12-14,16-21H,3-4,9,11,15,22H2,1-2H3;4H,1-3H3.